The molecule has 0 aliphatic rings. The maximum absolute atomic E-state index is 13.3. The summed E-state index contributed by atoms with van der Waals surface area (Å²) in [5.74, 6) is -1.75. The molecule has 0 bridgehead atoms. The molecule has 6 heteroatoms. The van der Waals surface area contributed by atoms with Gasteiger partial charge in [-0.15, -0.1) is 0 Å². The number of H-pyrrole nitrogens is 1. The lowest BCUT2D eigenvalue weighted by molar-refractivity contribution is -0.142. The minimum absolute atomic E-state index is 0.146. The third-order valence-electron chi connectivity index (χ3n) is 5.64. The maximum Gasteiger partial charge on any atom is 0.326 e. The Hall–Kier alpha value is -3.93. The number of carbonyl (C=O) groups excluding carboxylic acids is 1. The number of aromatic amines is 1. The normalized spacial score (nSPS) is 12.9. The van der Waals surface area contributed by atoms with Crippen molar-refractivity contribution in [3.8, 4) is 0 Å². The van der Waals surface area contributed by atoms with Crippen LogP contribution in [0.25, 0.3) is 10.8 Å². The number of carboxylic acid groups (broad SMARTS) is 1. The largest absolute Gasteiger partial charge is 0.480 e. The molecule has 1 amide bonds. The monoisotopic (exact) mass is 427 g/mol. The zero-order valence-corrected chi connectivity index (χ0v) is 17.6. The van der Waals surface area contributed by atoms with E-state index in [4.69, 9.17) is 0 Å². The number of hydrogen-bond acceptors (Lipinski definition) is 3. The molecule has 4 aromatic rings. The quantitative estimate of drug-likeness (QED) is 0.379. The van der Waals surface area contributed by atoms with Crippen molar-refractivity contribution in [2.24, 2.45) is 5.92 Å². The highest BCUT2D eigenvalue weighted by atomic mass is 16.4. The van der Waals surface area contributed by atoms with Gasteiger partial charge in [-0.05, 0) is 34.7 Å². The minimum Gasteiger partial charge on any atom is -0.480 e. The smallest absolute Gasteiger partial charge is 0.326 e. The molecule has 0 aliphatic heterocycles. The molecule has 3 aromatic carbocycles. The minimum atomic E-state index is -1.07. The number of rotatable bonds is 9. The van der Waals surface area contributed by atoms with Gasteiger partial charge in [-0.25, -0.2) is 9.78 Å². The Balaban J connectivity index is 1.59. The van der Waals surface area contributed by atoms with Crippen LogP contribution in [0.2, 0.25) is 0 Å². The number of carboxylic acids is 1. The van der Waals surface area contributed by atoms with Gasteiger partial charge in [0.25, 0.3) is 0 Å². The van der Waals surface area contributed by atoms with E-state index in [0.29, 0.717) is 18.5 Å². The van der Waals surface area contributed by atoms with Crippen molar-refractivity contribution >= 4 is 22.6 Å². The predicted octanol–water partition coefficient (Wildman–Crippen LogP) is 3.78. The molecule has 0 saturated heterocycles. The molecular weight excluding hydrogens is 402 g/mol. The zero-order chi connectivity index (χ0) is 22.3. The number of aromatic nitrogens is 2. The van der Waals surface area contributed by atoms with Crippen molar-refractivity contribution in [1.29, 1.82) is 0 Å². The van der Waals surface area contributed by atoms with E-state index in [9.17, 15) is 14.7 Å². The Morgan fingerprint density at radius 1 is 0.906 bits per heavy atom. The van der Waals surface area contributed by atoms with Crippen LogP contribution in [0.15, 0.2) is 85.3 Å². The van der Waals surface area contributed by atoms with E-state index in [-0.39, 0.29) is 12.3 Å². The summed E-state index contributed by atoms with van der Waals surface area (Å²) >= 11 is 0. The molecule has 2 atom stereocenters. The van der Waals surface area contributed by atoms with E-state index >= 15 is 0 Å². The first kappa shape index (κ1) is 21.3. The van der Waals surface area contributed by atoms with E-state index in [2.05, 4.69) is 33.5 Å². The summed E-state index contributed by atoms with van der Waals surface area (Å²) in [5, 5.41) is 14.7. The van der Waals surface area contributed by atoms with Crippen molar-refractivity contribution in [2.45, 2.75) is 25.3 Å². The lowest BCUT2D eigenvalue weighted by atomic mass is 9.89. The summed E-state index contributed by atoms with van der Waals surface area (Å²) in [7, 11) is 0. The summed E-state index contributed by atoms with van der Waals surface area (Å²) in [4.78, 5) is 32.0. The predicted molar refractivity (Wildman–Crippen MR) is 123 cm³/mol. The van der Waals surface area contributed by atoms with Crippen molar-refractivity contribution < 1.29 is 14.7 Å². The highest BCUT2D eigenvalue weighted by Gasteiger charge is 2.27. The molecular formula is C26H25N3O3. The van der Waals surface area contributed by atoms with E-state index in [1.165, 1.54) is 6.33 Å². The highest BCUT2D eigenvalue weighted by Crippen LogP contribution is 2.23. The van der Waals surface area contributed by atoms with Gasteiger partial charge in [0.2, 0.25) is 5.91 Å². The molecule has 1 heterocycles. The second-order valence-electron chi connectivity index (χ2n) is 7.91. The van der Waals surface area contributed by atoms with E-state index in [1.54, 1.807) is 6.20 Å². The fraction of sp³-hybridized carbons (Fsp3) is 0.192. The number of aliphatic carboxylic acids is 1. The molecule has 1 aromatic heterocycles. The number of carbonyl (C=O) groups is 2. The SMILES string of the molecule is O=C(NC(Cc1cnc[nH]1)C(=O)O)C(Cc1ccccc1)Cc1cccc2ccccc12. The van der Waals surface area contributed by atoms with Crippen molar-refractivity contribution in [3.63, 3.8) is 0 Å². The second-order valence-corrected chi connectivity index (χ2v) is 7.91. The number of benzene rings is 3. The average molecular weight is 428 g/mol. The van der Waals surface area contributed by atoms with Crippen LogP contribution >= 0.6 is 0 Å². The van der Waals surface area contributed by atoms with E-state index in [0.717, 1.165) is 21.9 Å². The van der Waals surface area contributed by atoms with Crippen LogP contribution in [-0.2, 0) is 28.9 Å². The maximum atomic E-state index is 13.3. The summed E-state index contributed by atoms with van der Waals surface area (Å²) in [5.41, 5.74) is 2.76. The van der Waals surface area contributed by atoms with Crippen LogP contribution in [-0.4, -0.2) is 33.0 Å². The second kappa shape index (κ2) is 9.92. The number of imidazole rings is 1. The molecule has 32 heavy (non-hydrogen) atoms. The van der Waals surface area contributed by atoms with Crippen LogP contribution in [0, 0.1) is 5.92 Å². The topological polar surface area (TPSA) is 95.1 Å². The molecule has 0 saturated carbocycles. The first-order valence-corrected chi connectivity index (χ1v) is 10.6. The highest BCUT2D eigenvalue weighted by molar-refractivity contribution is 5.88. The number of nitrogens with one attached hydrogen (secondary N) is 2. The molecule has 0 spiro atoms. The molecule has 3 N–H and O–H groups in total. The first-order chi connectivity index (χ1) is 15.6. The third kappa shape index (κ3) is 5.21. The Bertz CT molecular complexity index is 1180. The van der Waals surface area contributed by atoms with Crippen LogP contribution in [0.5, 0.6) is 0 Å². The van der Waals surface area contributed by atoms with Crippen LogP contribution in [0.4, 0.5) is 0 Å². The van der Waals surface area contributed by atoms with Crippen molar-refractivity contribution in [3.05, 3.63) is 102 Å². The lowest BCUT2D eigenvalue weighted by Crippen LogP contribution is -2.45. The van der Waals surface area contributed by atoms with E-state index < -0.39 is 17.9 Å². The van der Waals surface area contributed by atoms with Crippen LogP contribution in [0.3, 0.4) is 0 Å². The summed E-state index contributed by atoms with van der Waals surface area (Å²) < 4.78 is 0. The standard InChI is InChI=1S/C26H25N3O3/c30-25(29-24(26(31)32)15-22-16-27-17-28-22)21(13-18-7-2-1-3-8-18)14-20-11-6-10-19-9-4-5-12-23(19)20/h1-12,16-17,21,24H,13-15H2,(H,27,28)(H,29,30)(H,31,32). The third-order valence-corrected chi connectivity index (χ3v) is 5.64. The van der Waals surface area contributed by atoms with Crippen molar-refractivity contribution in [1.82, 2.24) is 15.3 Å². The van der Waals surface area contributed by atoms with Gasteiger partial charge in [-0.2, -0.15) is 0 Å². The van der Waals surface area contributed by atoms with Crippen LogP contribution in [0.1, 0.15) is 16.8 Å². The molecule has 2 unspecified atom stereocenters. The Labute approximate surface area is 186 Å². The van der Waals surface area contributed by atoms with Gasteiger partial charge in [-0.1, -0.05) is 72.8 Å². The summed E-state index contributed by atoms with van der Waals surface area (Å²) in [6.45, 7) is 0. The van der Waals surface area contributed by atoms with Gasteiger partial charge in [0, 0.05) is 24.2 Å². The number of nitrogens with zero attached hydrogens (tertiary/aromatic N) is 1. The lowest BCUT2D eigenvalue weighted by Gasteiger charge is -2.21. The first-order valence-electron chi connectivity index (χ1n) is 10.6. The van der Waals surface area contributed by atoms with Gasteiger partial charge >= 0.3 is 5.97 Å². The molecule has 162 valence electrons. The fourth-order valence-corrected chi connectivity index (χ4v) is 4.00. The van der Waals surface area contributed by atoms with Gasteiger partial charge < -0.3 is 15.4 Å². The summed E-state index contributed by atoms with van der Waals surface area (Å²) in [6, 6.07) is 22.9. The van der Waals surface area contributed by atoms with Gasteiger partial charge in [0.1, 0.15) is 6.04 Å². The Morgan fingerprint density at radius 2 is 1.66 bits per heavy atom. The van der Waals surface area contributed by atoms with Crippen LogP contribution < -0.4 is 5.32 Å². The molecule has 6 nitrogen and oxygen atoms in total. The van der Waals surface area contributed by atoms with E-state index in [1.807, 2.05) is 54.6 Å². The zero-order valence-electron chi connectivity index (χ0n) is 17.6. The Kier molecular flexibility index (Phi) is 6.60. The number of fused-ring (bicyclic) bond motifs is 1. The number of hydrogen-bond donors (Lipinski definition) is 3. The average Bonchev–Trinajstić information content (AvgIpc) is 3.32. The molecule has 0 aliphatic carbocycles. The molecule has 0 fully saturated rings. The Morgan fingerprint density at radius 3 is 2.41 bits per heavy atom. The number of amides is 1. The summed E-state index contributed by atoms with van der Waals surface area (Å²) in [6.07, 6.45) is 4.24. The molecule has 4 rings (SSSR count). The van der Waals surface area contributed by atoms with Gasteiger partial charge in [0.15, 0.2) is 0 Å². The van der Waals surface area contributed by atoms with Gasteiger partial charge in [0.05, 0.1) is 6.33 Å². The molecule has 0 radical (unpaired) electrons. The fourth-order valence-electron chi connectivity index (χ4n) is 4.00. The van der Waals surface area contributed by atoms with Crippen molar-refractivity contribution in [2.75, 3.05) is 0 Å². The van der Waals surface area contributed by atoms with Gasteiger partial charge in [-0.3, -0.25) is 4.79 Å².